The number of rotatable bonds is 5. The molecule has 2 aromatic rings. The number of hydrogen-bond donors (Lipinski definition) is 2. The van der Waals surface area contributed by atoms with Crippen molar-refractivity contribution in [3.63, 3.8) is 0 Å². The molecular weight excluding hydrogens is 424 g/mol. The summed E-state index contributed by atoms with van der Waals surface area (Å²) < 4.78 is 5.72. The second-order valence-electron chi connectivity index (χ2n) is 5.46. The second-order valence-corrected chi connectivity index (χ2v) is 6.73. The van der Waals surface area contributed by atoms with Gasteiger partial charge in [0.2, 0.25) is 5.91 Å². The number of aryl methyl sites for hydroxylation is 1. The number of ether oxygens (including phenoxy) is 1. The predicted molar refractivity (Wildman–Crippen MR) is 104 cm³/mol. The molecule has 0 saturated carbocycles. The lowest BCUT2D eigenvalue weighted by Gasteiger charge is -2.10. The van der Waals surface area contributed by atoms with Gasteiger partial charge in [-0.15, -0.1) is 0 Å². The summed E-state index contributed by atoms with van der Waals surface area (Å²) >= 11 is 9.31. The smallest absolute Gasteiger partial charge is 0.338 e. The van der Waals surface area contributed by atoms with Crippen LogP contribution in [0.15, 0.2) is 40.9 Å². The molecule has 2 amide bonds. The number of halogens is 2. The van der Waals surface area contributed by atoms with E-state index in [-0.39, 0.29) is 11.5 Å². The van der Waals surface area contributed by atoms with Gasteiger partial charge in [0.25, 0.3) is 5.91 Å². The van der Waals surface area contributed by atoms with Crippen LogP contribution in [0.5, 0.6) is 0 Å². The molecule has 26 heavy (non-hydrogen) atoms. The molecule has 0 heterocycles. The molecule has 0 aliphatic heterocycles. The van der Waals surface area contributed by atoms with Crippen LogP contribution in [0.1, 0.15) is 22.8 Å². The van der Waals surface area contributed by atoms with E-state index in [0.29, 0.717) is 16.4 Å². The molecule has 8 heteroatoms. The zero-order valence-electron chi connectivity index (χ0n) is 14.1. The number of esters is 1. The number of anilines is 2. The van der Waals surface area contributed by atoms with Crippen LogP contribution in [-0.2, 0) is 14.3 Å². The lowest BCUT2D eigenvalue weighted by Crippen LogP contribution is -2.21. The van der Waals surface area contributed by atoms with Crippen LogP contribution >= 0.6 is 27.5 Å². The van der Waals surface area contributed by atoms with E-state index in [1.54, 1.807) is 24.3 Å². The molecule has 0 aromatic heterocycles. The fourth-order valence-corrected chi connectivity index (χ4v) is 2.70. The first kappa shape index (κ1) is 19.9. The number of carbonyl (C=O) groups excluding carboxylic acids is 3. The molecule has 136 valence electrons. The maximum absolute atomic E-state index is 12.0. The maximum Gasteiger partial charge on any atom is 0.338 e. The van der Waals surface area contributed by atoms with Gasteiger partial charge in [0.15, 0.2) is 6.61 Å². The zero-order chi connectivity index (χ0) is 19.3. The Kier molecular flexibility index (Phi) is 6.76. The van der Waals surface area contributed by atoms with Gasteiger partial charge >= 0.3 is 5.97 Å². The highest BCUT2D eigenvalue weighted by Gasteiger charge is 2.12. The fourth-order valence-electron chi connectivity index (χ4n) is 2.07. The molecule has 0 aliphatic rings. The normalized spacial score (nSPS) is 10.2. The summed E-state index contributed by atoms with van der Waals surface area (Å²) in [7, 11) is 0. The SMILES string of the molecule is CC(=O)Nc1ccc(C(=O)OCC(=O)Nc2cc(Cl)c(Br)cc2C)cc1. The molecule has 0 aliphatic carbocycles. The number of amides is 2. The third-order valence-electron chi connectivity index (χ3n) is 3.32. The molecule has 0 atom stereocenters. The Morgan fingerprint density at radius 2 is 1.77 bits per heavy atom. The van der Waals surface area contributed by atoms with E-state index in [1.165, 1.54) is 19.1 Å². The van der Waals surface area contributed by atoms with Gasteiger partial charge in [0.1, 0.15) is 0 Å². The first-order valence-corrected chi connectivity index (χ1v) is 8.73. The maximum atomic E-state index is 12.0. The van der Waals surface area contributed by atoms with Gasteiger partial charge in [0.05, 0.1) is 10.6 Å². The van der Waals surface area contributed by atoms with E-state index in [1.807, 2.05) is 6.92 Å². The van der Waals surface area contributed by atoms with Crippen molar-refractivity contribution in [1.29, 1.82) is 0 Å². The van der Waals surface area contributed by atoms with Crippen LogP contribution in [-0.4, -0.2) is 24.4 Å². The van der Waals surface area contributed by atoms with Gasteiger partial charge in [-0.25, -0.2) is 4.79 Å². The highest BCUT2D eigenvalue weighted by atomic mass is 79.9. The summed E-state index contributed by atoms with van der Waals surface area (Å²) in [5.74, 6) is -1.32. The summed E-state index contributed by atoms with van der Waals surface area (Å²) in [6.45, 7) is 2.78. The van der Waals surface area contributed by atoms with Gasteiger partial charge in [-0.2, -0.15) is 0 Å². The number of hydrogen-bond acceptors (Lipinski definition) is 4. The third-order valence-corrected chi connectivity index (χ3v) is 4.51. The van der Waals surface area contributed by atoms with Crippen LogP contribution in [0, 0.1) is 6.92 Å². The molecule has 0 fully saturated rings. The first-order chi connectivity index (χ1) is 12.3. The molecule has 6 nitrogen and oxygen atoms in total. The summed E-state index contributed by atoms with van der Waals surface area (Å²) in [5, 5.41) is 5.70. The molecule has 0 saturated heterocycles. The van der Waals surface area contributed by atoms with Crippen LogP contribution in [0.4, 0.5) is 11.4 Å². The third kappa shape index (κ3) is 5.57. The highest BCUT2D eigenvalue weighted by molar-refractivity contribution is 9.10. The summed E-state index contributed by atoms with van der Waals surface area (Å²) in [6.07, 6.45) is 0. The molecule has 0 unspecified atom stereocenters. The van der Waals surface area contributed by atoms with Crippen molar-refractivity contribution < 1.29 is 19.1 Å². The van der Waals surface area contributed by atoms with E-state index in [0.717, 1.165) is 10.0 Å². The topological polar surface area (TPSA) is 84.5 Å². The summed E-state index contributed by atoms with van der Waals surface area (Å²) in [5.41, 5.74) is 2.19. The monoisotopic (exact) mass is 438 g/mol. The number of benzene rings is 2. The van der Waals surface area contributed by atoms with Crippen molar-refractivity contribution in [2.45, 2.75) is 13.8 Å². The molecule has 2 rings (SSSR count). The number of nitrogens with one attached hydrogen (secondary N) is 2. The van der Waals surface area contributed by atoms with Crippen molar-refractivity contribution >= 4 is 56.7 Å². The number of carbonyl (C=O) groups is 3. The predicted octanol–water partition coefficient (Wildman–Crippen LogP) is 4.16. The minimum absolute atomic E-state index is 0.208. The summed E-state index contributed by atoms with van der Waals surface area (Å²) in [4.78, 5) is 34.9. The van der Waals surface area contributed by atoms with Gasteiger partial charge in [0, 0.05) is 22.8 Å². The van der Waals surface area contributed by atoms with Crippen molar-refractivity contribution in [3.8, 4) is 0 Å². The Hall–Kier alpha value is -2.38. The Morgan fingerprint density at radius 3 is 2.38 bits per heavy atom. The van der Waals surface area contributed by atoms with E-state index in [4.69, 9.17) is 16.3 Å². The Bertz CT molecular complexity index is 853. The standard InChI is InChI=1S/C18H16BrClN2O4/c1-10-7-14(19)15(20)8-16(10)22-17(24)9-26-18(25)12-3-5-13(6-4-12)21-11(2)23/h3-8H,9H2,1-2H3,(H,21,23)(H,22,24). The van der Waals surface area contributed by atoms with Crippen molar-refractivity contribution in [2.75, 3.05) is 17.2 Å². The van der Waals surface area contributed by atoms with Crippen molar-refractivity contribution in [2.24, 2.45) is 0 Å². The van der Waals surface area contributed by atoms with Crippen LogP contribution in [0.2, 0.25) is 5.02 Å². The quantitative estimate of drug-likeness (QED) is 0.685. The highest BCUT2D eigenvalue weighted by Crippen LogP contribution is 2.28. The lowest BCUT2D eigenvalue weighted by molar-refractivity contribution is -0.119. The molecule has 2 N–H and O–H groups in total. The average Bonchev–Trinajstić information content (AvgIpc) is 2.57. The van der Waals surface area contributed by atoms with Gasteiger partial charge in [-0.05, 0) is 64.8 Å². The Balaban J connectivity index is 1.91. The van der Waals surface area contributed by atoms with E-state index >= 15 is 0 Å². The summed E-state index contributed by atoms with van der Waals surface area (Å²) in [6, 6.07) is 9.55. The van der Waals surface area contributed by atoms with Crippen LogP contribution in [0.25, 0.3) is 0 Å². The second kappa shape index (κ2) is 8.82. The van der Waals surface area contributed by atoms with E-state index < -0.39 is 18.5 Å². The van der Waals surface area contributed by atoms with Gasteiger partial charge in [-0.3, -0.25) is 9.59 Å². The van der Waals surface area contributed by atoms with Crippen molar-refractivity contribution in [1.82, 2.24) is 0 Å². The average molecular weight is 440 g/mol. The lowest BCUT2D eigenvalue weighted by atomic mass is 10.2. The Labute approximate surface area is 164 Å². The van der Waals surface area contributed by atoms with Crippen LogP contribution < -0.4 is 10.6 Å². The van der Waals surface area contributed by atoms with E-state index in [2.05, 4.69) is 26.6 Å². The van der Waals surface area contributed by atoms with Crippen molar-refractivity contribution in [3.05, 3.63) is 57.0 Å². The van der Waals surface area contributed by atoms with E-state index in [9.17, 15) is 14.4 Å². The molecule has 0 spiro atoms. The molecular formula is C18H16BrClN2O4. The largest absolute Gasteiger partial charge is 0.452 e. The fraction of sp³-hybridized carbons (Fsp3) is 0.167. The molecule has 0 bridgehead atoms. The van der Waals surface area contributed by atoms with Gasteiger partial charge in [-0.1, -0.05) is 11.6 Å². The molecule has 0 radical (unpaired) electrons. The molecule has 2 aromatic carbocycles. The Morgan fingerprint density at radius 1 is 1.12 bits per heavy atom. The minimum atomic E-state index is -0.639. The first-order valence-electron chi connectivity index (χ1n) is 7.56. The van der Waals surface area contributed by atoms with Gasteiger partial charge < -0.3 is 15.4 Å². The minimum Gasteiger partial charge on any atom is -0.452 e. The zero-order valence-corrected chi connectivity index (χ0v) is 16.4. The van der Waals surface area contributed by atoms with Crippen LogP contribution in [0.3, 0.4) is 0 Å².